The Morgan fingerprint density at radius 1 is 1.54 bits per heavy atom. The van der Waals surface area contributed by atoms with Gasteiger partial charge < -0.3 is 0 Å². The summed E-state index contributed by atoms with van der Waals surface area (Å²) in [7, 11) is 2.09. The number of carbonyl (C=O) groups excluding carboxylic acids is 1. The lowest BCUT2D eigenvalue weighted by molar-refractivity contribution is -0.120. The Morgan fingerprint density at radius 3 is 3.00 bits per heavy atom. The Morgan fingerprint density at radius 2 is 2.31 bits per heavy atom. The van der Waals surface area contributed by atoms with E-state index in [1.54, 1.807) is 6.92 Å². The van der Waals surface area contributed by atoms with Crippen molar-refractivity contribution in [3.8, 4) is 0 Å². The second kappa shape index (κ2) is 3.62. The van der Waals surface area contributed by atoms with Gasteiger partial charge in [0.15, 0.2) is 0 Å². The van der Waals surface area contributed by atoms with Gasteiger partial charge in [0.05, 0.1) is 6.04 Å². The molecule has 0 aromatic carbocycles. The molecule has 2 aliphatic heterocycles. The van der Waals surface area contributed by atoms with Crippen molar-refractivity contribution in [1.29, 1.82) is 0 Å². The zero-order valence-electron chi connectivity index (χ0n) is 8.32. The molecule has 0 bridgehead atoms. The van der Waals surface area contributed by atoms with Gasteiger partial charge in [-0.05, 0) is 38.5 Å². The third-order valence-electron chi connectivity index (χ3n) is 3.22. The largest absolute Gasteiger partial charge is 0.298 e. The molecule has 3 unspecified atom stereocenters. The highest BCUT2D eigenvalue weighted by Crippen LogP contribution is 2.39. The van der Waals surface area contributed by atoms with Gasteiger partial charge in [0.25, 0.3) is 0 Å². The molecule has 2 fully saturated rings. The van der Waals surface area contributed by atoms with Gasteiger partial charge in [-0.3, -0.25) is 9.69 Å². The molecule has 0 aliphatic carbocycles. The Balaban J connectivity index is 2.13. The first-order valence-corrected chi connectivity index (χ1v) is 6.07. The van der Waals surface area contributed by atoms with Crippen molar-refractivity contribution in [1.82, 2.24) is 4.90 Å². The van der Waals surface area contributed by atoms with Crippen molar-refractivity contribution in [2.45, 2.75) is 31.1 Å². The normalized spacial score (nSPS) is 40.3. The molecule has 2 nitrogen and oxygen atoms in total. The summed E-state index contributed by atoms with van der Waals surface area (Å²) in [5.41, 5.74) is 0. The first-order valence-electron chi connectivity index (χ1n) is 5.02. The van der Waals surface area contributed by atoms with Crippen LogP contribution in [0, 0.1) is 5.92 Å². The van der Waals surface area contributed by atoms with Crippen LogP contribution in [0.15, 0.2) is 0 Å². The molecular formula is C10H17NOS. The summed E-state index contributed by atoms with van der Waals surface area (Å²) in [5.74, 6) is 2.38. The summed E-state index contributed by atoms with van der Waals surface area (Å²) in [6.07, 6.45) is 2.66. The smallest absolute Gasteiger partial charge is 0.148 e. The number of thioether (sulfide) groups is 1. The average Bonchev–Trinajstić information content (AvgIpc) is 2.39. The number of hydrogen-bond acceptors (Lipinski definition) is 3. The van der Waals surface area contributed by atoms with Crippen molar-refractivity contribution >= 4 is 17.5 Å². The molecule has 2 saturated heterocycles. The Kier molecular flexibility index (Phi) is 2.65. The SMILES string of the molecule is CC(=O)C1C2SCCCC2CN1C. The molecule has 0 spiro atoms. The van der Waals surface area contributed by atoms with Crippen LogP contribution in [0.2, 0.25) is 0 Å². The van der Waals surface area contributed by atoms with Crippen LogP contribution in [0.1, 0.15) is 19.8 Å². The Bertz CT molecular complexity index is 219. The molecule has 2 rings (SSSR count). The molecule has 0 N–H and O–H groups in total. The highest BCUT2D eigenvalue weighted by Gasteiger charge is 2.43. The van der Waals surface area contributed by atoms with Crippen LogP contribution in [0.4, 0.5) is 0 Å². The minimum absolute atomic E-state index is 0.204. The maximum absolute atomic E-state index is 11.5. The van der Waals surface area contributed by atoms with Gasteiger partial charge in [0, 0.05) is 11.8 Å². The lowest BCUT2D eigenvalue weighted by Crippen LogP contribution is -2.38. The van der Waals surface area contributed by atoms with E-state index < -0.39 is 0 Å². The van der Waals surface area contributed by atoms with Crippen molar-refractivity contribution < 1.29 is 4.79 Å². The topological polar surface area (TPSA) is 20.3 Å². The molecular weight excluding hydrogens is 182 g/mol. The molecule has 3 atom stereocenters. The molecule has 3 heteroatoms. The quantitative estimate of drug-likeness (QED) is 0.637. The van der Waals surface area contributed by atoms with E-state index in [0.717, 1.165) is 12.5 Å². The van der Waals surface area contributed by atoms with Gasteiger partial charge in [-0.2, -0.15) is 11.8 Å². The van der Waals surface area contributed by atoms with E-state index in [4.69, 9.17) is 0 Å². The van der Waals surface area contributed by atoms with Crippen LogP contribution < -0.4 is 0 Å². The molecule has 0 aromatic heterocycles. The lowest BCUT2D eigenvalue weighted by atomic mass is 9.98. The third kappa shape index (κ3) is 1.64. The molecule has 74 valence electrons. The fourth-order valence-electron chi connectivity index (χ4n) is 2.69. The van der Waals surface area contributed by atoms with E-state index in [0.29, 0.717) is 11.0 Å². The number of fused-ring (bicyclic) bond motifs is 1. The number of hydrogen-bond donors (Lipinski definition) is 0. The van der Waals surface area contributed by atoms with Crippen LogP contribution in [0.25, 0.3) is 0 Å². The number of rotatable bonds is 1. The molecule has 0 radical (unpaired) electrons. The van der Waals surface area contributed by atoms with E-state index in [2.05, 4.69) is 11.9 Å². The maximum Gasteiger partial charge on any atom is 0.148 e. The lowest BCUT2D eigenvalue weighted by Gasteiger charge is -2.27. The zero-order valence-corrected chi connectivity index (χ0v) is 9.14. The van der Waals surface area contributed by atoms with Crippen LogP contribution in [0.3, 0.4) is 0 Å². The fourth-order valence-corrected chi connectivity index (χ4v) is 4.37. The van der Waals surface area contributed by atoms with E-state index in [-0.39, 0.29) is 6.04 Å². The minimum atomic E-state index is 0.204. The summed E-state index contributed by atoms with van der Waals surface area (Å²) in [6, 6.07) is 0.204. The predicted octanol–water partition coefficient (Wildman–Crippen LogP) is 1.40. The van der Waals surface area contributed by atoms with E-state index in [1.807, 2.05) is 11.8 Å². The fraction of sp³-hybridized carbons (Fsp3) is 0.900. The van der Waals surface area contributed by atoms with Crippen LogP contribution in [-0.2, 0) is 4.79 Å². The number of ketones is 1. The second-order valence-electron chi connectivity index (χ2n) is 4.23. The zero-order chi connectivity index (χ0) is 9.42. The van der Waals surface area contributed by atoms with Crippen LogP contribution >= 0.6 is 11.8 Å². The second-order valence-corrected chi connectivity index (χ2v) is 5.52. The number of nitrogens with zero attached hydrogens (tertiary/aromatic N) is 1. The van der Waals surface area contributed by atoms with E-state index >= 15 is 0 Å². The third-order valence-corrected chi connectivity index (χ3v) is 4.77. The minimum Gasteiger partial charge on any atom is -0.298 e. The average molecular weight is 199 g/mol. The highest BCUT2D eigenvalue weighted by molar-refractivity contribution is 8.00. The number of likely N-dealkylation sites (tertiary alicyclic amines) is 1. The van der Waals surface area contributed by atoms with Gasteiger partial charge in [-0.25, -0.2) is 0 Å². The van der Waals surface area contributed by atoms with Gasteiger partial charge in [0.1, 0.15) is 5.78 Å². The Labute approximate surface area is 84.1 Å². The van der Waals surface area contributed by atoms with Crippen LogP contribution in [0.5, 0.6) is 0 Å². The van der Waals surface area contributed by atoms with Gasteiger partial charge in [-0.1, -0.05) is 0 Å². The highest BCUT2D eigenvalue weighted by atomic mass is 32.2. The first kappa shape index (κ1) is 9.53. The molecule has 13 heavy (non-hydrogen) atoms. The maximum atomic E-state index is 11.5. The van der Waals surface area contributed by atoms with Gasteiger partial charge in [0.2, 0.25) is 0 Å². The first-order chi connectivity index (χ1) is 6.20. The van der Waals surface area contributed by atoms with Gasteiger partial charge >= 0.3 is 0 Å². The van der Waals surface area contributed by atoms with Crippen molar-refractivity contribution in [2.75, 3.05) is 19.3 Å². The summed E-state index contributed by atoms with van der Waals surface area (Å²) in [6.45, 7) is 2.86. The van der Waals surface area contributed by atoms with Crippen LogP contribution in [-0.4, -0.2) is 41.3 Å². The standard InChI is InChI=1S/C10H17NOS/c1-7(12)9-10-8(6-11(9)2)4-3-5-13-10/h8-10H,3-6H2,1-2H3. The molecule has 0 aromatic rings. The van der Waals surface area contributed by atoms with Crippen molar-refractivity contribution in [3.63, 3.8) is 0 Å². The molecule has 2 heterocycles. The number of carbonyl (C=O) groups is 1. The number of likely N-dealkylation sites (N-methyl/N-ethyl adjacent to an activating group) is 1. The summed E-state index contributed by atoms with van der Waals surface area (Å²) >= 11 is 2.01. The van der Waals surface area contributed by atoms with E-state index in [9.17, 15) is 4.79 Å². The monoisotopic (exact) mass is 199 g/mol. The Hall–Kier alpha value is -0.0200. The molecule has 0 amide bonds. The summed E-state index contributed by atoms with van der Waals surface area (Å²) < 4.78 is 0. The summed E-state index contributed by atoms with van der Waals surface area (Å²) in [5, 5.41) is 0.594. The van der Waals surface area contributed by atoms with Gasteiger partial charge in [-0.15, -0.1) is 0 Å². The van der Waals surface area contributed by atoms with E-state index in [1.165, 1.54) is 18.6 Å². The van der Waals surface area contributed by atoms with Crippen molar-refractivity contribution in [2.24, 2.45) is 5.92 Å². The molecule has 2 aliphatic rings. The van der Waals surface area contributed by atoms with Crippen molar-refractivity contribution in [3.05, 3.63) is 0 Å². The predicted molar refractivity (Wildman–Crippen MR) is 56.1 cm³/mol. The number of Topliss-reactive ketones (excluding diaryl/α,β-unsaturated/α-hetero) is 1. The molecule has 0 saturated carbocycles. The summed E-state index contributed by atoms with van der Waals surface area (Å²) in [4.78, 5) is 13.7.